The number of hydrogen-bond acceptors (Lipinski definition) is 3. The number of sulfonamides is 1. The standard InChI is InChI=1S/C19H23FN2O2S/c1-12-6-7-14-4-3-5-19(17(14)10-12)22-13(2)16-9-8-15(11-18(16)20)25(21,23)24/h6-11,13,19,22H,3-5H2,1-2H3,(H2,21,23,24)/t13?,19-/m1/s1. The summed E-state index contributed by atoms with van der Waals surface area (Å²) >= 11 is 0. The van der Waals surface area contributed by atoms with Gasteiger partial charge in [0.25, 0.3) is 0 Å². The molecular weight excluding hydrogens is 339 g/mol. The fourth-order valence-electron chi connectivity index (χ4n) is 3.52. The highest BCUT2D eigenvalue weighted by Gasteiger charge is 2.23. The maximum atomic E-state index is 14.4. The Hall–Kier alpha value is -1.76. The molecule has 6 heteroatoms. The van der Waals surface area contributed by atoms with Crippen LogP contribution < -0.4 is 10.5 Å². The molecule has 3 N–H and O–H groups in total. The molecule has 0 amide bonds. The van der Waals surface area contributed by atoms with E-state index < -0.39 is 15.8 Å². The SMILES string of the molecule is Cc1ccc2c(c1)[C@H](NC(C)c1ccc(S(N)(=O)=O)cc1F)CCC2. The van der Waals surface area contributed by atoms with E-state index in [0.717, 1.165) is 25.3 Å². The Kier molecular flexibility index (Phi) is 4.95. The van der Waals surface area contributed by atoms with Gasteiger partial charge in [-0.15, -0.1) is 0 Å². The molecule has 134 valence electrons. The Morgan fingerprint density at radius 3 is 2.68 bits per heavy atom. The van der Waals surface area contributed by atoms with Crippen LogP contribution in [0.15, 0.2) is 41.3 Å². The summed E-state index contributed by atoms with van der Waals surface area (Å²) in [5.41, 5.74) is 4.27. The number of fused-ring (bicyclic) bond motifs is 1. The van der Waals surface area contributed by atoms with Gasteiger partial charge in [-0.05, 0) is 56.4 Å². The molecule has 0 heterocycles. The minimum Gasteiger partial charge on any atom is -0.303 e. The van der Waals surface area contributed by atoms with E-state index >= 15 is 0 Å². The van der Waals surface area contributed by atoms with Crippen LogP contribution in [0, 0.1) is 12.7 Å². The average molecular weight is 362 g/mol. The van der Waals surface area contributed by atoms with Crippen LogP contribution >= 0.6 is 0 Å². The summed E-state index contributed by atoms with van der Waals surface area (Å²) in [6.07, 6.45) is 3.16. The predicted molar refractivity (Wildman–Crippen MR) is 96.2 cm³/mol. The Morgan fingerprint density at radius 1 is 1.24 bits per heavy atom. The first kappa shape index (κ1) is 18.0. The van der Waals surface area contributed by atoms with Gasteiger partial charge in [0.1, 0.15) is 5.82 Å². The molecule has 0 bridgehead atoms. The van der Waals surface area contributed by atoms with Crippen LogP contribution in [0.1, 0.15) is 54.1 Å². The largest absolute Gasteiger partial charge is 0.303 e. The topological polar surface area (TPSA) is 72.2 Å². The predicted octanol–water partition coefficient (Wildman–Crippen LogP) is 3.51. The summed E-state index contributed by atoms with van der Waals surface area (Å²) < 4.78 is 37.1. The molecule has 0 aliphatic heterocycles. The molecule has 1 aliphatic carbocycles. The van der Waals surface area contributed by atoms with Crippen LogP contribution in [0.25, 0.3) is 0 Å². The number of aryl methyl sites for hydroxylation is 2. The molecule has 2 atom stereocenters. The highest BCUT2D eigenvalue weighted by Crippen LogP contribution is 2.33. The molecule has 0 aromatic heterocycles. The van der Waals surface area contributed by atoms with Gasteiger partial charge in [-0.3, -0.25) is 0 Å². The number of benzene rings is 2. The number of nitrogens with two attached hydrogens (primary N) is 1. The second-order valence-electron chi connectivity index (χ2n) is 6.76. The maximum absolute atomic E-state index is 14.4. The average Bonchev–Trinajstić information content (AvgIpc) is 2.54. The first-order valence-corrected chi connectivity index (χ1v) is 9.98. The lowest BCUT2D eigenvalue weighted by molar-refractivity contribution is 0.406. The quantitative estimate of drug-likeness (QED) is 0.874. The zero-order valence-electron chi connectivity index (χ0n) is 14.4. The number of primary sulfonamides is 1. The van der Waals surface area contributed by atoms with E-state index in [4.69, 9.17) is 5.14 Å². The Bertz CT molecular complexity index is 896. The third-order valence-electron chi connectivity index (χ3n) is 4.83. The molecule has 0 fully saturated rings. The van der Waals surface area contributed by atoms with Gasteiger partial charge in [0.15, 0.2) is 0 Å². The molecule has 0 spiro atoms. The number of rotatable bonds is 4. The highest BCUT2D eigenvalue weighted by molar-refractivity contribution is 7.89. The van der Waals surface area contributed by atoms with Crippen LogP contribution in [0.2, 0.25) is 0 Å². The van der Waals surface area contributed by atoms with E-state index in [2.05, 4.69) is 30.4 Å². The molecule has 4 nitrogen and oxygen atoms in total. The Balaban J connectivity index is 1.84. The van der Waals surface area contributed by atoms with Crippen molar-refractivity contribution in [2.24, 2.45) is 5.14 Å². The molecule has 0 saturated heterocycles. The Labute approximate surface area is 148 Å². The zero-order valence-corrected chi connectivity index (χ0v) is 15.2. The van der Waals surface area contributed by atoms with Crippen molar-refractivity contribution < 1.29 is 12.8 Å². The molecule has 3 rings (SSSR count). The first-order chi connectivity index (χ1) is 11.8. The van der Waals surface area contributed by atoms with E-state index in [9.17, 15) is 12.8 Å². The van der Waals surface area contributed by atoms with Gasteiger partial charge < -0.3 is 5.32 Å². The van der Waals surface area contributed by atoms with Crippen molar-refractivity contribution in [3.8, 4) is 0 Å². The van der Waals surface area contributed by atoms with Crippen molar-refractivity contribution in [2.75, 3.05) is 0 Å². The van der Waals surface area contributed by atoms with Crippen molar-refractivity contribution in [1.29, 1.82) is 0 Å². The molecule has 1 unspecified atom stereocenters. The number of halogens is 1. The lowest BCUT2D eigenvalue weighted by Crippen LogP contribution is -2.28. The lowest BCUT2D eigenvalue weighted by Gasteiger charge is -2.30. The first-order valence-electron chi connectivity index (χ1n) is 8.43. The summed E-state index contributed by atoms with van der Waals surface area (Å²) in [6, 6.07) is 10.2. The lowest BCUT2D eigenvalue weighted by atomic mass is 9.86. The number of hydrogen-bond donors (Lipinski definition) is 2. The smallest absolute Gasteiger partial charge is 0.238 e. The third kappa shape index (κ3) is 3.92. The summed E-state index contributed by atoms with van der Waals surface area (Å²) in [5.74, 6) is -0.563. The highest BCUT2D eigenvalue weighted by atomic mass is 32.2. The van der Waals surface area contributed by atoms with Crippen LogP contribution in [-0.2, 0) is 16.4 Å². The second kappa shape index (κ2) is 6.86. The summed E-state index contributed by atoms with van der Waals surface area (Å²) in [6.45, 7) is 3.96. The fourth-order valence-corrected chi connectivity index (χ4v) is 4.04. The van der Waals surface area contributed by atoms with Gasteiger partial charge in [-0.1, -0.05) is 29.8 Å². The third-order valence-corrected chi connectivity index (χ3v) is 5.74. The zero-order chi connectivity index (χ0) is 18.2. The minimum atomic E-state index is -3.90. The van der Waals surface area contributed by atoms with E-state index in [1.807, 2.05) is 6.92 Å². The van der Waals surface area contributed by atoms with E-state index in [0.29, 0.717) is 5.56 Å². The van der Waals surface area contributed by atoms with Crippen molar-refractivity contribution in [1.82, 2.24) is 5.32 Å². The number of nitrogens with one attached hydrogen (secondary N) is 1. The maximum Gasteiger partial charge on any atom is 0.238 e. The second-order valence-corrected chi connectivity index (χ2v) is 8.33. The van der Waals surface area contributed by atoms with E-state index in [1.54, 1.807) is 0 Å². The van der Waals surface area contributed by atoms with Gasteiger partial charge >= 0.3 is 0 Å². The molecule has 25 heavy (non-hydrogen) atoms. The molecule has 2 aromatic carbocycles. The van der Waals surface area contributed by atoms with Crippen molar-refractivity contribution in [2.45, 2.75) is 50.1 Å². The van der Waals surface area contributed by atoms with Crippen LogP contribution in [0.4, 0.5) is 4.39 Å². The Morgan fingerprint density at radius 2 is 2.00 bits per heavy atom. The monoisotopic (exact) mass is 362 g/mol. The van der Waals surface area contributed by atoms with Gasteiger partial charge in [-0.2, -0.15) is 0 Å². The van der Waals surface area contributed by atoms with Gasteiger partial charge in [0.2, 0.25) is 10.0 Å². The van der Waals surface area contributed by atoms with E-state index in [1.165, 1.54) is 28.8 Å². The normalized spacial score (nSPS) is 18.6. The van der Waals surface area contributed by atoms with Crippen molar-refractivity contribution in [3.05, 3.63) is 64.5 Å². The molecular formula is C19H23FN2O2S. The van der Waals surface area contributed by atoms with Crippen LogP contribution in [-0.4, -0.2) is 8.42 Å². The van der Waals surface area contributed by atoms with Crippen LogP contribution in [0.5, 0.6) is 0 Å². The fraction of sp³-hybridized carbons (Fsp3) is 0.368. The van der Waals surface area contributed by atoms with Crippen LogP contribution in [0.3, 0.4) is 0 Å². The molecule has 1 aliphatic rings. The van der Waals surface area contributed by atoms with Crippen molar-refractivity contribution >= 4 is 10.0 Å². The van der Waals surface area contributed by atoms with Gasteiger partial charge in [-0.25, -0.2) is 17.9 Å². The molecule has 0 radical (unpaired) electrons. The summed E-state index contributed by atoms with van der Waals surface area (Å²) in [5, 5.41) is 8.56. The van der Waals surface area contributed by atoms with Gasteiger partial charge in [0, 0.05) is 17.6 Å². The van der Waals surface area contributed by atoms with Gasteiger partial charge in [0.05, 0.1) is 4.90 Å². The summed E-state index contributed by atoms with van der Waals surface area (Å²) in [7, 11) is -3.90. The molecule has 2 aromatic rings. The van der Waals surface area contributed by atoms with E-state index in [-0.39, 0.29) is 17.0 Å². The van der Waals surface area contributed by atoms with Crippen molar-refractivity contribution in [3.63, 3.8) is 0 Å². The minimum absolute atomic E-state index is 0.163. The summed E-state index contributed by atoms with van der Waals surface area (Å²) in [4.78, 5) is -0.209. The molecule has 0 saturated carbocycles.